The number of rotatable bonds is 11. The zero-order valence-corrected chi connectivity index (χ0v) is 18.2. The Morgan fingerprint density at radius 1 is 1.08 bits per heavy atom. The van der Waals surface area contributed by atoms with Crippen LogP contribution in [-0.4, -0.2) is 42.5 Å². The van der Waals surface area contributed by atoms with E-state index in [1.54, 1.807) is 6.33 Å². The number of nitrogens with zero attached hydrogens (tertiary/aromatic N) is 4. The summed E-state index contributed by atoms with van der Waals surface area (Å²) in [6.07, 6.45) is 3.48. The molecule has 0 fully saturated rings. The van der Waals surface area contributed by atoms with Gasteiger partial charge in [0.15, 0.2) is 11.5 Å². The van der Waals surface area contributed by atoms with Gasteiger partial charge in [-0.05, 0) is 6.92 Å². The van der Waals surface area contributed by atoms with Gasteiger partial charge >= 0.3 is 0 Å². The second kappa shape index (κ2) is 10.6. The quantitative estimate of drug-likeness (QED) is 0.424. The highest BCUT2D eigenvalue weighted by atomic mass is 32.2. The summed E-state index contributed by atoms with van der Waals surface area (Å²) in [7, 11) is -1.13. The van der Waals surface area contributed by atoms with E-state index in [2.05, 4.69) is 42.6 Å². The average molecular weight is 420 g/mol. The first kappa shape index (κ1) is 21.7. The third kappa shape index (κ3) is 6.83. The fraction of sp³-hybridized carbons (Fsp3) is 0.667. The van der Waals surface area contributed by atoms with E-state index in [1.807, 2.05) is 11.5 Å². The Morgan fingerprint density at radius 3 is 2.35 bits per heavy atom. The van der Waals surface area contributed by atoms with Gasteiger partial charge in [0.25, 0.3) is 0 Å². The number of imidazole rings is 1. The zero-order chi connectivity index (χ0) is 19.1. The summed E-state index contributed by atoms with van der Waals surface area (Å²) in [5, 5.41) is 0.736. The third-order valence-electron chi connectivity index (χ3n) is 2.99. The molecule has 0 saturated carbocycles. The van der Waals surface area contributed by atoms with Crippen molar-refractivity contribution in [3.8, 4) is 0 Å². The van der Waals surface area contributed by atoms with Crippen molar-refractivity contribution in [3.63, 3.8) is 0 Å². The summed E-state index contributed by atoms with van der Waals surface area (Å²) in [6.45, 7) is 10.9. The molecule has 0 aliphatic rings. The fourth-order valence-corrected chi connectivity index (χ4v) is 5.06. The lowest BCUT2D eigenvalue weighted by molar-refractivity contribution is 0.0841. The Hall–Kier alpha value is -0.640. The van der Waals surface area contributed by atoms with E-state index in [9.17, 15) is 0 Å². The van der Waals surface area contributed by atoms with Crippen LogP contribution in [0.1, 0.15) is 34.6 Å². The average Bonchev–Trinajstić information content (AvgIpc) is 2.98. The van der Waals surface area contributed by atoms with Gasteiger partial charge in [0, 0.05) is 34.6 Å². The lowest BCUT2D eigenvalue weighted by atomic mass is 10.4. The maximum absolute atomic E-state index is 5.95. The molecule has 2 rings (SSSR count). The molecule has 26 heavy (non-hydrogen) atoms. The molecule has 2 aromatic rings. The molecule has 11 heteroatoms. The highest BCUT2D eigenvalue weighted by Gasteiger charge is 2.18. The summed E-state index contributed by atoms with van der Waals surface area (Å²) < 4.78 is 19.4. The van der Waals surface area contributed by atoms with Crippen molar-refractivity contribution in [2.75, 3.05) is 12.1 Å². The maximum Gasteiger partial charge on any atom is 0.223 e. The molecule has 1 atom stereocenters. The second-order valence-electron chi connectivity index (χ2n) is 6.21. The van der Waals surface area contributed by atoms with Crippen molar-refractivity contribution in [2.24, 2.45) is 0 Å². The van der Waals surface area contributed by atoms with Gasteiger partial charge in [0.05, 0.1) is 19.0 Å². The van der Waals surface area contributed by atoms with Crippen LogP contribution in [0.25, 0.3) is 11.2 Å². The van der Waals surface area contributed by atoms with Crippen LogP contribution < -0.4 is 5.73 Å². The Kier molecular flexibility index (Phi) is 8.86. The van der Waals surface area contributed by atoms with Crippen LogP contribution in [0.4, 0.5) is 5.82 Å². The number of fused-ring (bicyclic) bond motifs is 1. The molecule has 2 aromatic heterocycles. The molecular formula is C15H26N5O3PS2. The van der Waals surface area contributed by atoms with E-state index in [-0.39, 0.29) is 6.10 Å². The largest absolute Gasteiger partial charge is 0.382 e. The first-order valence-electron chi connectivity index (χ1n) is 8.34. The van der Waals surface area contributed by atoms with Gasteiger partial charge < -0.3 is 15.0 Å². The van der Waals surface area contributed by atoms with E-state index in [4.69, 9.17) is 18.4 Å². The minimum Gasteiger partial charge on any atom is -0.382 e. The van der Waals surface area contributed by atoms with Gasteiger partial charge in [-0.25, -0.2) is 15.0 Å². The lowest BCUT2D eigenvalue weighted by Gasteiger charge is -2.20. The molecule has 0 aliphatic heterocycles. The van der Waals surface area contributed by atoms with E-state index in [0.29, 0.717) is 40.4 Å². The molecule has 0 amide bonds. The predicted octanol–water partition coefficient (Wildman–Crippen LogP) is 4.23. The SMILES string of the molecule is CC(C)SOP(CO[C@H](C)Cn1cnc2c(N)ncnc21)OSC(C)C. The number of ether oxygens (including phenoxy) is 1. The monoisotopic (exact) mass is 419 g/mol. The molecule has 0 aromatic carbocycles. The van der Waals surface area contributed by atoms with Crippen molar-refractivity contribution < 1.29 is 12.7 Å². The molecule has 8 nitrogen and oxygen atoms in total. The smallest absolute Gasteiger partial charge is 0.223 e. The molecule has 0 saturated heterocycles. The van der Waals surface area contributed by atoms with Crippen LogP contribution in [0, 0.1) is 0 Å². The highest BCUT2D eigenvalue weighted by Crippen LogP contribution is 2.48. The lowest BCUT2D eigenvalue weighted by Crippen LogP contribution is -2.17. The predicted molar refractivity (Wildman–Crippen MR) is 110 cm³/mol. The molecule has 0 bridgehead atoms. The molecule has 146 valence electrons. The van der Waals surface area contributed by atoms with Crippen LogP contribution in [-0.2, 0) is 19.2 Å². The number of hydrogen-bond acceptors (Lipinski definition) is 9. The topological polar surface area (TPSA) is 97.3 Å². The molecule has 0 radical (unpaired) electrons. The molecule has 0 aliphatic carbocycles. The van der Waals surface area contributed by atoms with Crippen molar-refractivity contribution in [2.45, 2.75) is 57.8 Å². The Labute approximate surface area is 164 Å². The first-order valence-corrected chi connectivity index (χ1v) is 11.3. The minimum absolute atomic E-state index is 0.0612. The number of hydrogen-bond donors (Lipinski definition) is 1. The van der Waals surface area contributed by atoms with Crippen LogP contribution in [0.2, 0.25) is 0 Å². The van der Waals surface area contributed by atoms with Crippen molar-refractivity contribution in [1.82, 2.24) is 19.5 Å². The molecule has 0 unspecified atom stereocenters. The Morgan fingerprint density at radius 2 is 1.73 bits per heavy atom. The normalized spacial score (nSPS) is 13.4. The van der Waals surface area contributed by atoms with Crippen molar-refractivity contribution in [1.29, 1.82) is 0 Å². The molecule has 0 spiro atoms. The van der Waals surface area contributed by atoms with Crippen molar-refractivity contribution in [3.05, 3.63) is 12.7 Å². The minimum atomic E-state index is -1.13. The Balaban J connectivity index is 1.89. The van der Waals surface area contributed by atoms with Crippen LogP contribution in [0.15, 0.2) is 12.7 Å². The van der Waals surface area contributed by atoms with Gasteiger partial charge in [-0.2, -0.15) is 0 Å². The molecule has 2 N–H and O–H groups in total. The van der Waals surface area contributed by atoms with E-state index in [1.165, 1.54) is 30.4 Å². The Bertz CT molecular complexity index is 676. The van der Waals surface area contributed by atoms with E-state index < -0.39 is 8.38 Å². The molecular weight excluding hydrogens is 393 g/mol. The summed E-state index contributed by atoms with van der Waals surface area (Å²) in [6, 6.07) is 0. The number of nitrogens with two attached hydrogens (primary N) is 1. The standard InChI is InChI=1S/C15H26N5O3PS2/c1-10(2)25-22-24(23-26-11(3)4)9-21-12(5)6-20-8-19-13-14(16)17-7-18-15(13)20/h7-8,10-12H,6,9H2,1-5H3,(H2,16,17,18)/t12-/m1/s1. The zero-order valence-electron chi connectivity index (χ0n) is 15.7. The first-order chi connectivity index (χ1) is 12.4. The van der Waals surface area contributed by atoms with Crippen LogP contribution in [0.5, 0.6) is 0 Å². The van der Waals surface area contributed by atoms with E-state index in [0.717, 1.165) is 0 Å². The van der Waals surface area contributed by atoms with Gasteiger partial charge in [-0.15, -0.1) is 0 Å². The van der Waals surface area contributed by atoms with Gasteiger partial charge in [-0.3, -0.25) is 7.94 Å². The highest BCUT2D eigenvalue weighted by molar-refractivity contribution is 8.01. The number of nitrogen functional groups attached to an aromatic ring is 1. The second-order valence-corrected chi connectivity index (χ2v) is 10.6. The maximum atomic E-state index is 5.95. The van der Waals surface area contributed by atoms with Gasteiger partial charge in [-0.1, -0.05) is 27.7 Å². The summed E-state index contributed by atoms with van der Waals surface area (Å²) in [5.74, 6) is 0.379. The van der Waals surface area contributed by atoms with Crippen LogP contribution >= 0.6 is 32.5 Å². The van der Waals surface area contributed by atoms with E-state index >= 15 is 0 Å². The third-order valence-corrected chi connectivity index (χ3v) is 6.13. The summed E-state index contributed by atoms with van der Waals surface area (Å²) in [4.78, 5) is 12.5. The summed E-state index contributed by atoms with van der Waals surface area (Å²) >= 11 is 2.83. The number of anilines is 1. The van der Waals surface area contributed by atoms with Gasteiger partial charge in [0.1, 0.15) is 18.2 Å². The molecule has 2 heterocycles. The van der Waals surface area contributed by atoms with Crippen LogP contribution in [0.3, 0.4) is 0 Å². The van der Waals surface area contributed by atoms with Crippen molar-refractivity contribution >= 4 is 49.4 Å². The van der Waals surface area contributed by atoms with Gasteiger partial charge in [0.2, 0.25) is 8.38 Å². The number of aromatic nitrogens is 4. The fourth-order valence-electron chi connectivity index (χ4n) is 1.87. The summed E-state index contributed by atoms with van der Waals surface area (Å²) in [5.41, 5.74) is 7.13.